The summed E-state index contributed by atoms with van der Waals surface area (Å²) in [7, 11) is -3.61. The molecule has 0 bridgehead atoms. The average molecular weight is 409 g/mol. The van der Waals surface area contributed by atoms with Crippen molar-refractivity contribution >= 4 is 27.3 Å². The molecule has 1 atom stereocenters. The first-order valence-corrected chi connectivity index (χ1v) is 9.90. The molecule has 0 spiro atoms. The molecule has 1 unspecified atom stereocenters. The lowest BCUT2D eigenvalue weighted by Gasteiger charge is -2.26. The van der Waals surface area contributed by atoms with Gasteiger partial charge in [-0.05, 0) is 31.2 Å². The van der Waals surface area contributed by atoms with Crippen molar-refractivity contribution in [2.24, 2.45) is 0 Å². The van der Waals surface area contributed by atoms with Crippen LogP contribution in [0.15, 0.2) is 41.6 Å². The lowest BCUT2D eigenvalue weighted by atomic mass is 10.2. The Kier molecular flexibility index (Phi) is 5.72. The van der Waals surface area contributed by atoms with E-state index in [1.165, 1.54) is 39.4 Å². The highest BCUT2D eigenvalue weighted by molar-refractivity contribution is 7.89. The molecule has 2 aromatic rings. The van der Waals surface area contributed by atoms with Crippen LogP contribution in [0.2, 0.25) is 0 Å². The quantitative estimate of drug-likeness (QED) is 0.555. The van der Waals surface area contributed by atoms with E-state index < -0.39 is 26.9 Å². The minimum Gasteiger partial charge on any atom is -0.379 e. The smallest absolute Gasteiger partial charge is 0.307 e. The average Bonchev–Trinajstić information content (AvgIpc) is 3.19. The van der Waals surface area contributed by atoms with Crippen molar-refractivity contribution < 1.29 is 22.9 Å². The van der Waals surface area contributed by atoms with E-state index in [1.54, 1.807) is 6.92 Å². The SMILES string of the molecule is CC(C(=O)Nc1ccc(S(=O)(=O)N2CCOCC2)cc1)n1cc([N+](=O)[O-])cn1. The minimum atomic E-state index is -3.61. The summed E-state index contributed by atoms with van der Waals surface area (Å²) < 4.78 is 32.9. The summed E-state index contributed by atoms with van der Waals surface area (Å²) in [4.78, 5) is 22.6. The number of benzene rings is 1. The third-order valence-corrected chi connectivity index (χ3v) is 6.22. The lowest BCUT2D eigenvalue weighted by Crippen LogP contribution is -2.40. The number of sulfonamides is 1. The van der Waals surface area contributed by atoms with Crippen LogP contribution in [0, 0.1) is 10.1 Å². The number of ether oxygens (including phenoxy) is 1. The molecule has 150 valence electrons. The molecule has 1 amide bonds. The molecule has 1 aromatic carbocycles. The van der Waals surface area contributed by atoms with Gasteiger partial charge in [-0.1, -0.05) is 0 Å². The Bertz CT molecular complexity index is 966. The van der Waals surface area contributed by atoms with Crippen molar-refractivity contribution in [1.29, 1.82) is 0 Å². The summed E-state index contributed by atoms with van der Waals surface area (Å²) in [6, 6.07) is 5.03. The van der Waals surface area contributed by atoms with E-state index in [1.807, 2.05) is 0 Å². The van der Waals surface area contributed by atoms with Crippen LogP contribution in [0.25, 0.3) is 0 Å². The number of hydrogen-bond donors (Lipinski definition) is 1. The fourth-order valence-electron chi connectivity index (χ4n) is 2.65. The van der Waals surface area contributed by atoms with Gasteiger partial charge in [-0.2, -0.15) is 9.40 Å². The van der Waals surface area contributed by atoms with Gasteiger partial charge in [-0.25, -0.2) is 8.42 Å². The first kappa shape index (κ1) is 19.9. The first-order chi connectivity index (χ1) is 13.3. The number of carbonyl (C=O) groups is 1. The number of hydrogen-bond acceptors (Lipinski definition) is 7. The van der Waals surface area contributed by atoms with Gasteiger partial charge >= 0.3 is 5.69 Å². The zero-order valence-electron chi connectivity index (χ0n) is 15.0. The molecule has 1 aliphatic heterocycles. The number of anilines is 1. The second-order valence-electron chi connectivity index (χ2n) is 6.14. The highest BCUT2D eigenvalue weighted by Crippen LogP contribution is 2.20. The van der Waals surface area contributed by atoms with E-state index in [9.17, 15) is 23.3 Å². The van der Waals surface area contributed by atoms with Gasteiger partial charge in [0, 0.05) is 18.8 Å². The van der Waals surface area contributed by atoms with Gasteiger partial charge in [-0.3, -0.25) is 19.6 Å². The van der Waals surface area contributed by atoms with E-state index >= 15 is 0 Å². The Balaban J connectivity index is 1.67. The van der Waals surface area contributed by atoms with E-state index in [-0.39, 0.29) is 10.6 Å². The number of nitrogens with one attached hydrogen (secondary N) is 1. The molecule has 1 aromatic heterocycles. The Morgan fingerprint density at radius 1 is 1.29 bits per heavy atom. The summed E-state index contributed by atoms with van der Waals surface area (Å²) in [6.45, 7) is 2.86. The van der Waals surface area contributed by atoms with Gasteiger partial charge in [0.1, 0.15) is 18.4 Å². The third-order valence-electron chi connectivity index (χ3n) is 4.30. The number of aromatic nitrogens is 2. The van der Waals surface area contributed by atoms with Crippen LogP contribution in [0.1, 0.15) is 13.0 Å². The Hall–Kier alpha value is -2.83. The number of rotatable bonds is 6. The van der Waals surface area contributed by atoms with Crippen molar-refractivity contribution in [3.63, 3.8) is 0 Å². The molecule has 2 heterocycles. The van der Waals surface area contributed by atoms with E-state index in [4.69, 9.17) is 4.74 Å². The van der Waals surface area contributed by atoms with Gasteiger partial charge in [-0.15, -0.1) is 0 Å². The predicted molar refractivity (Wildman–Crippen MR) is 98.2 cm³/mol. The van der Waals surface area contributed by atoms with Crippen LogP contribution in [-0.2, 0) is 19.6 Å². The van der Waals surface area contributed by atoms with Crippen molar-refractivity contribution in [3.05, 3.63) is 46.8 Å². The maximum absolute atomic E-state index is 12.6. The Labute approximate surface area is 161 Å². The van der Waals surface area contributed by atoms with Gasteiger partial charge in [0.15, 0.2) is 0 Å². The maximum atomic E-state index is 12.6. The van der Waals surface area contributed by atoms with Crippen molar-refractivity contribution in [1.82, 2.24) is 14.1 Å². The summed E-state index contributed by atoms with van der Waals surface area (Å²) in [5.41, 5.74) is 0.191. The molecule has 12 heteroatoms. The molecule has 0 radical (unpaired) electrons. The van der Waals surface area contributed by atoms with Crippen LogP contribution >= 0.6 is 0 Å². The van der Waals surface area contributed by atoms with Crippen LogP contribution in [0.5, 0.6) is 0 Å². The molecule has 28 heavy (non-hydrogen) atoms. The van der Waals surface area contributed by atoms with Crippen molar-refractivity contribution in [2.45, 2.75) is 17.9 Å². The van der Waals surface area contributed by atoms with Gasteiger partial charge in [0.05, 0.1) is 23.0 Å². The fraction of sp³-hybridized carbons (Fsp3) is 0.375. The van der Waals surface area contributed by atoms with Gasteiger partial charge < -0.3 is 10.1 Å². The van der Waals surface area contributed by atoms with Crippen LogP contribution < -0.4 is 5.32 Å². The van der Waals surface area contributed by atoms with Gasteiger partial charge in [0.25, 0.3) is 0 Å². The number of morpholine rings is 1. The Morgan fingerprint density at radius 3 is 2.50 bits per heavy atom. The largest absolute Gasteiger partial charge is 0.379 e. The van der Waals surface area contributed by atoms with Gasteiger partial charge in [0.2, 0.25) is 15.9 Å². The zero-order valence-corrected chi connectivity index (χ0v) is 15.8. The Morgan fingerprint density at radius 2 is 1.93 bits per heavy atom. The molecule has 1 aliphatic rings. The predicted octanol–water partition coefficient (Wildman–Crippen LogP) is 1.01. The highest BCUT2D eigenvalue weighted by Gasteiger charge is 2.26. The molecular weight excluding hydrogens is 390 g/mol. The molecule has 0 saturated carbocycles. The lowest BCUT2D eigenvalue weighted by molar-refractivity contribution is -0.385. The molecule has 11 nitrogen and oxygen atoms in total. The minimum absolute atomic E-state index is 0.128. The normalized spacial score (nSPS) is 16.5. The number of carbonyl (C=O) groups excluding carboxylic acids is 1. The maximum Gasteiger partial charge on any atom is 0.307 e. The number of nitro groups is 1. The molecular formula is C16H19N5O6S. The second-order valence-corrected chi connectivity index (χ2v) is 8.08. The fourth-order valence-corrected chi connectivity index (χ4v) is 4.06. The standard InChI is InChI=1S/C16H19N5O6S/c1-12(20-11-14(10-17-20)21(23)24)16(22)18-13-2-4-15(5-3-13)28(25,26)19-6-8-27-9-7-19/h2-5,10-12H,6-9H2,1H3,(H,18,22). The zero-order chi connectivity index (χ0) is 20.3. The van der Waals surface area contributed by atoms with Crippen molar-refractivity contribution in [2.75, 3.05) is 31.6 Å². The first-order valence-electron chi connectivity index (χ1n) is 8.46. The topological polar surface area (TPSA) is 137 Å². The van der Waals surface area contributed by atoms with Crippen LogP contribution in [0.3, 0.4) is 0 Å². The summed E-state index contributed by atoms with van der Waals surface area (Å²) in [6.07, 6.45) is 2.23. The molecule has 1 N–H and O–H groups in total. The van der Waals surface area contributed by atoms with Crippen LogP contribution in [0.4, 0.5) is 11.4 Å². The van der Waals surface area contributed by atoms with E-state index in [2.05, 4.69) is 10.4 Å². The summed E-state index contributed by atoms with van der Waals surface area (Å²) in [5.74, 6) is -0.443. The summed E-state index contributed by atoms with van der Waals surface area (Å²) in [5, 5.41) is 17.2. The monoisotopic (exact) mass is 409 g/mol. The molecule has 1 fully saturated rings. The molecule has 0 aliphatic carbocycles. The summed E-state index contributed by atoms with van der Waals surface area (Å²) >= 11 is 0. The van der Waals surface area contributed by atoms with Crippen molar-refractivity contribution in [3.8, 4) is 0 Å². The second kappa shape index (κ2) is 8.04. The van der Waals surface area contributed by atoms with Crippen LogP contribution in [-0.4, -0.2) is 59.6 Å². The van der Waals surface area contributed by atoms with E-state index in [0.717, 1.165) is 6.20 Å². The van der Waals surface area contributed by atoms with E-state index in [0.29, 0.717) is 32.0 Å². The third kappa shape index (κ3) is 4.18. The highest BCUT2D eigenvalue weighted by atomic mass is 32.2. The molecule has 3 rings (SSSR count). The molecule has 1 saturated heterocycles. The number of nitrogens with zero attached hydrogens (tertiary/aromatic N) is 4. The number of amides is 1.